The van der Waals surface area contributed by atoms with Gasteiger partial charge >= 0.3 is 12.3 Å². The first kappa shape index (κ1) is 16.1. The van der Waals surface area contributed by atoms with Gasteiger partial charge < -0.3 is 10.1 Å². The van der Waals surface area contributed by atoms with Crippen LogP contribution in [0.3, 0.4) is 0 Å². The van der Waals surface area contributed by atoms with Crippen molar-refractivity contribution in [3.05, 3.63) is 30.1 Å². The summed E-state index contributed by atoms with van der Waals surface area (Å²) in [5.41, 5.74) is -0.112. The van der Waals surface area contributed by atoms with Crippen molar-refractivity contribution >= 4 is 17.7 Å². The van der Waals surface area contributed by atoms with Crippen molar-refractivity contribution < 1.29 is 31.9 Å². The number of nitrogens with one attached hydrogen (secondary N) is 1. The summed E-state index contributed by atoms with van der Waals surface area (Å²) in [6, 6.07) is 2.21. The molecule has 2 amide bonds. The lowest BCUT2D eigenvalue weighted by Crippen LogP contribution is -2.42. The maximum Gasteiger partial charge on any atom is 0.416 e. The number of benzene rings is 1. The molecule has 0 unspecified atom stereocenters. The molecule has 1 saturated heterocycles. The number of nitrogens with zero attached hydrogens (tertiary/aromatic N) is 1. The molecule has 0 aliphatic carbocycles. The number of amides is 2. The molecule has 1 N–H and O–H groups in total. The Hall–Kier alpha value is -2.32. The number of carbonyl (C=O) groups excluding carboxylic acids is 2. The third kappa shape index (κ3) is 3.86. The van der Waals surface area contributed by atoms with Crippen molar-refractivity contribution in [2.45, 2.75) is 18.6 Å². The molecule has 22 heavy (non-hydrogen) atoms. The summed E-state index contributed by atoms with van der Waals surface area (Å²) in [5.74, 6) is -1.71. The molecule has 1 aliphatic heterocycles. The van der Waals surface area contributed by atoms with Crippen LogP contribution in [-0.4, -0.2) is 42.3 Å². The Labute approximate surface area is 122 Å². The lowest BCUT2D eigenvalue weighted by atomic mass is 10.1. The van der Waals surface area contributed by atoms with Gasteiger partial charge in [-0.15, -0.1) is 0 Å². The largest absolute Gasteiger partial charge is 0.447 e. The number of carbonyl (C=O) groups is 2. The van der Waals surface area contributed by atoms with E-state index in [1.807, 2.05) is 0 Å². The van der Waals surface area contributed by atoms with Crippen molar-refractivity contribution in [2.75, 3.05) is 18.5 Å². The van der Waals surface area contributed by atoms with Crippen LogP contribution in [-0.2, 0) is 9.53 Å². The van der Waals surface area contributed by atoms with E-state index in [1.54, 1.807) is 0 Å². The smallest absolute Gasteiger partial charge is 0.416 e. The van der Waals surface area contributed by atoms with Gasteiger partial charge in [-0.2, -0.15) is 13.2 Å². The van der Waals surface area contributed by atoms with E-state index in [-0.39, 0.29) is 18.8 Å². The van der Waals surface area contributed by atoms with Crippen molar-refractivity contribution in [2.24, 2.45) is 0 Å². The molecule has 9 heteroatoms. The van der Waals surface area contributed by atoms with E-state index in [0.29, 0.717) is 4.90 Å². The number of rotatable bonds is 4. The second-order valence-corrected chi connectivity index (χ2v) is 4.61. The first-order chi connectivity index (χ1) is 10.3. The Bertz CT molecular complexity index is 577. The van der Waals surface area contributed by atoms with E-state index in [9.17, 15) is 27.2 Å². The van der Waals surface area contributed by atoms with Gasteiger partial charge in [0.05, 0.1) is 13.0 Å². The first-order valence-electron chi connectivity index (χ1n) is 6.33. The predicted octanol–water partition coefficient (Wildman–Crippen LogP) is 2.54. The molecule has 5 nitrogen and oxygen atoms in total. The normalized spacial score (nSPS) is 16.4. The van der Waals surface area contributed by atoms with Crippen LogP contribution in [0, 0.1) is 5.82 Å². The highest BCUT2D eigenvalue weighted by atomic mass is 19.4. The zero-order valence-electron chi connectivity index (χ0n) is 11.2. The van der Waals surface area contributed by atoms with Gasteiger partial charge in [-0.1, -0.05) is 6.07 Å². The lowest BCUT2D eigenvalue weighted by molar-refractivity contribution is -0.153. The summed E-state index contributed by atoms with van der Waals surface area (Å²) in [4.78, 5) is 23.6. The molecule has 0 radical (unpaired) electrons. The van der Waals surface area contributed by atoms with Crippen LogP contribution in [0.4, 0.5) is 28.0 Å². The summed E-state index contributed by atoms with van der Waals surface area (Å²) < 4.78 is 56.5. The molecule has 1 atom stereocenters. The second-order valence-electron chi connectivity index (χ2n) is 4.61. The summed E-state index contributed by atoms with van der Waals surface area (Å²) in [5, 5.41) is 2.06. The van der Waals surface area contributed by atoms with Crippen molar-refractivity contribution in [1.29, 1.82) is 0 Å². The number of hydrogen-bond acceptors (Lipinski definition) is 4. The number of halogens is 4. The van der Waals surface area contributed by atoms with Gasteiger partial charge in [0, 0.05) is 5.69 Å². The van der Waals surface area contributed by atoms with Gasteiger partial charge in [-0.3, -0.25) is 4.79 Å². The number of cyclic esters (lactones) is 1. The van der Waals surface area contributed by atoms with Crippen molar-refractivity contribution in [3.63, 3.8) is 0 Å². The number of anilines is 1. The zero-order chi connectivity index (χ0) is 16.3. The fourth-order valence-corrected chi connectivity index (χ4v) is 1.93. The molecule has 1 heterocycles. The van der Waals surface area contributed by atoms with Gasteiger partial charge in [-0.05, 0) is 18.2 Å². The third-order valence-corrected chi connectivity index (χ3v) is 3.00. The second kappa shape index (κ2) is 6.20. The van der Waals surface area contributed by atoms with Crippen LogP contribution in [0.25, 0.3) is 0 Å². The average molecular weight is 320 g/mol. The van der Waals surface area contributed by atoms with Crippen LogP contribution < -0.4 is 5.32 Å². The molecule has 1 aromatic rings. The summed E-state index contributed by atoms with van der Waals surface area (Å²) >= 11 is 0. The molecule has 0 spiro atoms. The fourth-order valence-electron chi connectivity index (χ4n) is 1.93. The highest BCUT2D eigenvalue weighted by Gasteiger charge is 2.43. The molecule has 1 aromatic carbocycles. The quantitative estimate of drug-likeness (QED) is 0.866. The topological polar surface area (TPSA) is 58.6 Å². The van der Waals surface area contributed by atoms with Gasteiger partial charge in [-0.25, -0.2) is 14.1 Å². The number of hydrogen-bond donors (Lipinski definition) is 1. The number of ether oxygens (including phenoxy) is 1. The maximum absolute atomic E-state index is 13.0. The average Bonchev–Trinajstić information content (AvgIpc) is 2.83. The van der Waals surface area contributed by atoms with Gasteiger partial charge in [0.1, 0.15) is 18.5 Å². The van der Waals surface area contributed by atoms with Crippen molar-refractivity contribution in [3.8, 4) is 0 Å². The van der Waals surface area contributed by atoms with Crippen LogP contribution in [0.5, 0.6) is 0 Å². The van der Waals surface area contributed by atoms with E-state index < -0.39 is 36.5 Å². The molecule has 0 saturated carbocycles. The minimum Gasteiger partial charge on any atom is -0.447 e. The molecule has 1 aliphatic rings. The number of alkyl halides is 3. The Morgan fingerprint density at radius 3 is 2.68 bits per heavy atom. The molecule has 2 rings (SSSR count). The van der Waals surface area contributed by atoms with E-state index in [0.717, 1.165) is 12.1 Å². The Kier molecular flexibility index (Phi) is 4.53. The predicted molar refractivity (Wildman–Crippen MR) is 67.5 cm³/mol. The SMILES string of the molecule is O=C(C[C@@H](Nc1cccc(F)c1)C(F)(F)F)N1CCOC1=O. The maximum atomic E-state index is 13.0. The monoisotopic (exact) mass is 320 g/mol. The summed E-state index contributed by atoms with van der Waals surface area (Å²) in [7, 11) is 0. The van der Waals surface area contributed by atoms with E-state index >= 15 is 0 Å². The van der Waals surface area contributed by atoms with E-state index in [4.69, 9.17) is 0 Å². The Morgan fingerprint density at radius 2 is 2.14 bits per heavy atom. The minimum atomic E-state index is -4.74. The number of imide groups is 1. The van der Waals surface area contributed by atoms with Crippen molar-refractivity contribution in [1.82, 2.24) is 4.90 Å². The standard InChI is InChI=1S/C13H12F4N2O3/c14-8-2-1-3-9(6-8)18-10(13(15,16)17)7-11(20)19-4-5-22-12(19)21/h1-3,6,10,18H,4-5,7H2/t10-/m1/s1. The highest BCUT2D eigenvalue weighted by Crippen LogP contribution is 2.27. The fraction of sp³-hybridized carbons (Fsp3) is 0.385. The van der Waals surface area contributed by atoms with Gasteiger partial charge in [0.25, 0.3) is 0 Å². The molecule has 1 fully saturated rings. The summed E-state index contributed by atoms with van der Waals surface area (Å²) in [6.45, 7) is -0.124. The summed E-state index contributed by atoms with van der Waals surface area (Å²) in [6.07, 6.45) is -6.70. The van der Waals surface area contributed by atoms with Crippen LogP contribution in [0.15, 0.2) is 24.3 Å². The first-order valence-corrected chi connectivity index (χ1v) is 6.33. The minimum absolute atomic E-state index is 0.0431. The van der Waals surface area contributed by atoms with E-state index in [2.05, 4.69) is 10.1 Å². The highest BCUT2D eigenvalue weighted by molar-refractivity contribution is 5.93. The zero-order valence-corrected chi connectivity index (χ0v) is 11.2. The molecule has 0 bridgehead atoms. The molecule has 0 aromatic heterocycles. The lowest BCUT2D eigenvalue weighted by Gasteiger charge is -2.23. The van der Waals surface area contributed by atoms with Gasteiger partial charge in [0.15, 0.2) is 0 Å². The Balaban J connectivity index is 2.10. The van der Waals surface area contributed by atoms with Crippen LogP contribution >= 0.6 is 0 Å². The Morgan fingerprint density at radius 1 is 1.41 bits per heavy atom. The van der Waals surface area contributed by atoms with E-state index in [1.165, 1.54) is 12.1 Å². The van der Waals surface area contributed by atoms with Crippen LogP contribution in [0.1, 0.15) is 6.42 Å². The third-order valence-electron chi connectivity index (χ3n) is 3.00. The molecular weight excluding hydrogens is 308 g/mol. The molecular formula is C13H12F4N2O3. The van der Waals surface area contributed by atoms with Gasteiger partial charge in [0.2, 0.25) is 5.91 Å². The molecule has 120 valence electrons. The van der Waals surface area contributed by atoms with Crippen LogP contribution in [0.2, 0.25) is 0 Å².